The van der Waals surface area contributed by atoms with E-state index in [9.17, 15) is 5.11 Å². The zero-order valence-electron chi connectivity index (χ0n) is 17.7. The van der Waals surface area contributed by atoms with Crippen LogP contribution in [-0.4, -0.2) is 26.7 Å². The van der Waals surface area contributed by atoms with Gasteiger partial charge in [0.05, 0.1) is 6.61 Å². The van der Waals surface area contributed by atoms with Crippen molar-refractivity contribution in [2.45, 2.75) is 71.6 Å². The van der Waals surface area contributed by atoms with Crippen molar-refractivity contribution in [3.8, 4) is 17.2 Å². The fourth-order valence-corrected chi connectivity index (χ4v) is 3.42. The highest BCUT2D eigenvalue weighted by Crippen LogP contribution is 2.25. The van der Waals surface area contributed by atoms with Crippen molar-refractivity contribution in [3.63, 3.8) is 0 Å². The molecule has 1 heterocycles. The van der Waals surface area contributed by atoms with Gasteiger partial charge in [-0.3, -0.25) is 0 Å². The van der Waals surface area contributed by atoms with Gasteiger partial charge < -0.3 is 9.84 Å². The molecule has 3 aromatic rings. The molecule has 0 unspecified atom stereocenters. The molecule has 0 saturated heterocycles. The summed E-state index contributed by atoms with van der Waals surface area (Å²) in [7, 11) is 0. The van der Waals surface area contributed by atoms with Crippen LogP contribution in [0.4, 0.5) is 0 Å². The van der Waals surface area contributed by atoms with E-state index in [1.165, 1.54) is 48.9 Å². The average molecular weight is 396 g/mol. The molecule has 1 N–H and O–H groups in total. The summed E-state index contributed by atoms with van der Waals surface area (Å²) in [6, 6.07) is 11.5. The van der Waals surface area contributed by atoms with Crippen LogP contribution in [0, 0.1) is 0 Å². The summed E-state index contributed by atoms with van der Waals surface area (Å²) in [5, 5.41) is 19.5. The molecule has 0 bridgehead atoms. The lowest BCUT2D eigenvalue weighted by Crippen LogP contribution is -2.00. The molecule has 156 valence electrons. The lowest BCUT2D eigenvalue weighted by atomic mass is 10.0. The van der Waals surface area contributed by atoms with E-state index in [1.807, 2.05) is 30.3 Å². The second-order valence-electron chi connectivity index (χ2n) is 7.68. The molecule has 0 radical (unpaired) electrons. The molecule has 0 aliphatic rings. The van der Waals surface area contributed by atoms with Gasteiger partial charge in [-0.25, -0.2) is 0 Å². The van der Waals surface area contributed by atoms with Gasteiger partial charge in [-0.1, -0.05) is 58.4 Å². The predicted octanol–water partition coefficient (Wildman–Crippen LogP) is 6.21. The Morgan fingerprint density at radius 2 is 1.59 bits per heavy atom. The quantitative estimate of drug-likeness (QED) is 0.370. The van der Waals surface area contributed by atoms with E-state index >= 15 is 0 Å². The summed E-state index contributed by atoms with van der Waals surface area (Å²) < 4.78 is 5.77. The third-order valence-corrected chi connectivity index (χ3v) is 5.19. The number of aromatic hydroxyl groups is 1. The second-order valence-corrected chi connectivity index (χ2v) is 7.68. The highest BCUT2D eigenvalue weighted by Gasteiger charge is 2.11. The molecule has 0 fully saturated rings. The number of rotatable bonds is 12. The molecule has 1 aromatic heterocycles. The fraction of sp³-hybridized carbons (Fsp3) is 0.500. The van der Waals surface area contributed by atoms with Gasteiger partial charge in [0, 0.05) is 6.07 Å². The van der Waals surface area contributed by atoms with Crippen molar-refractivity contribution in [2.24, 2.45) is 0 Å². The van der Waals surface area contributed by atoms with E-state index in [0.717, 1.165) is 36.0 Å². The molecule has 29 heavy (non-hydrogen) atoms. The molecule has 2 aromatic carbocycles. The number of unbranched alkanes of at least 4 members (excludes halogenated alkanes) is 6. The van der Waals surface area contributed by atoms with Gasteiger partial charge in [0.2, 0.25) is 0 Å². The van der Waals surface area contributed by atoms with E-state index < -0.39 is 0 Å². The van der Waals surface area contributed by atoms with E-state index in [0.29, 0.717) is 12.3 Å². The van der Waals surface area contributed by atoms with Crippen LogP contribution in [0.1, 0.15) is 70.8 Å². The highest BCUT2D eigenvalue weighted by molar-refractivity contribution is 5.75. The Morgan fingerprint density at radius 3 is 2.41 bits per heavy atom. The van der Waals surface area contributed by atoms with Crippen molar-refractivity contribution < 1.29 is 9.84 Å². The van der Waals surface area contributed by atoms with Crippen LogP contribution in [0.2, 0.25) is 0 Å². The zero-order chi connectivity index (χ0) is 20.5. The molecule has 0 aliphatic carbocycles. The first-order chi connectivity index (χ1) is 14.2. The van der Waals surface area contributed by atoms with Crippen LogP contribution in [-0.2, 0) is 6.42 Å². The number of fused-ring (bicyclic) bond motifs is 1. The second kappa shape index (κ2) is 10.8. The summed E-state index contributed by atoms with van der Waals surface area (Å²) in [5.74, 6) is 0.996. The number of phenolic OH excluding ortho intramolecular Hbond substituents is 1. The van der Waals surface area contributed by atoms with Gasteiger partial charge in [0.15, 0.2) is 0 Å². The van der Waals surface area contributed by atoms with Gasteiger partial charge in [0.25, 0.3) is 0 Å². The van der Waals surface area contributed by atoms with Crippen LogP contribution in [0.25, 0.3) is 16.7 Å². The lowest BCUT2D eigenvalue weighted by Gasteiger charge is -2.07. The average Bonchev–Trinajstić information content (AvgIpc) is 3.15. The van der Waals surface area contributed by atoms with Crippen LogP contribution in [0.15, 0.2) is 36.4 Å². The van der Waals surface area contributed by atoms with Gasteiger partial charge in [0.1, 0.15) is 28.2 Å². The Morgan fingerprint density at radius 1 is 0.828 bits per heavy atom. The molecule has 5 nitrogen and oxygen atoms in total. The van der Waals surface area contributed by atoms with Crippen molar-refractivity contribution in [3.05, 3.63) is 42.0 Å². The van der Waals surface area contributed by atoms with E-state index in [-0.39, 0.29) is 5.75 Å². The molecule has 3 rings (SSSR count). The molecule has 0 amide bonds. The number of aryl methyl sites for hydroxylation is 1. The summed E-state index contributed by atoms with van der Waals surface area (Å²) in [5.41, 5.74) is 3.38. The molecular formula is C24H33N3O2. The molecule has 0 saturated carbocycles. The van der Waals surface area contributed by atoms with Crippen LogP contribution in [0.5, 0.6) is 11.5 Å². The number of hydrogen-bond acceptors (Lipinski definition) is 4. The van der Waals surface area contributed by atoms with Crippen molar-refractivity contribution in [2.75, 3.05) is 6.61 Å². The van der Waals surface area contributed by atoms with Gasteiger partial charge >= 0.3 is 0 Å². The van der Waals surface area contributed by atoms with E-state index in [2.05, 4.69) is 24.0 Å². The normalized spacial score (nSPS) is 11.2. The van der Waals surface area contributed by atoms with Crippen molar-refractivity contribution in [1.29, 1.82) is 0 Å². The Labute approximate surface area is 173 Å². The maximum atomic E-state index is 10.4. The standard InChI is InChI=1S/C24H33N3O2/c1-3-5-7-8-9-10-11-19-12-15-24(28)23(17-19)27-25-21-14-13-20(18-22(21)26-27)29-16-6-4-2/h12-15,17-18,28H,3-11,16H2,1-2H3. The van der Waals surface area contributed by atoms with Crippen LogP contribution in [0.3, 0.4) is 0 Å². The summed E-state index contributed by atoms with van der Waals surface area (Å²) in [6.45, 7) is 5.09. The Hall–Kier alpha value is -2.56. The van der Waals surface area contributed by atoms with Crippen LogP contribution >= 0.6 is 0 Å². The lowest BCUT2D eigenvalue weighted by molar-refractivity contribution is 0.310. The van der Waals surface area contributed by atoms with Gasteiger partial charge in [-0.15, -0.1) is 15.0 Å². The smallest absolute Gasteiger partial charge is 0.143 e. The Balaban J connectivity index is 1.69. The Kier molecular flexibility index (Phi) is 7.91. The molecule has 0 atom stereocenters. The first-order valence-corrected chi connectivity index (χ1v) is 11.0. The summed E-state index contributed by atoms with van der Waals surface area (Å²) in [4.78, 5) is 1.53. The minimum Gasteiger partial charge on any atom is -0.506 e. The van der Waals surface area contributed by atoms with Crippen molar-refractivity contribution in [1.82, 2.24) is 15.0 Å². The summed E-state index contributed by atoms with van der Waals surface area (Å²) >= 11 is 0. The molecule has 5 heteroatoms. The van der Waals surface area contributed by atoms with Crippen molar-refractivity contribution >= 4 is 11.0 Å². The van der Waals surface area contributed by atoms with E-state index in [1.54, 1.807) is 6.07 Å². The fourth-order valence-electron chi connectivity index (χ4n) is 3.42. The third-order valence-electron chi connectivity index (χ3n) is 5.19. The minimum absolute atomic E-state index is 0.191. The first kappa shape index (κ1) is 21.2. The predicted molar refractivity (Wildman–Crippen MR) is 118 cm³/mol. The van der Waals surface area contributed by atoms with E-state index in [4.69, 9.17) is 4.74 Å². The molecule has 0 spiro atoms. The monoisotopic (exact) mass is 395 g/mol. The first-order valence-electron chi connectivity index (χ1n) is 11.0. The molecular weight excluding hydrogens is 362 g/mol. The third kappa shape index (κ3) is 5.96. The number of benzene rings is 2. The largest absolute Gasteiger partial charge is 0.506 e. The minimum atomic E-state index is 0.191. The number of nitrogens with zero attached hydrogens (tertiary/aromatic N) is 3. The zero-order valence-corrected chi connectivity index (χ0v) is 17.7. The topological polar surface area (TPSA) is 60.2 Å². The van der Waals surface area contributed by atoms with Gasteiger partial charge in [-0.05, 0) is 49.1 Å². The summed E-state index contributed by atoms with van der Waals surface area (Å²) in [6.07, 6.45) is 10.8. The number of aromatic nitrogens is 3. The Bertz CT molecular complexity index is 904. The maximum absolute atomic E-state index is 10.4. The van der Waals surface area contributed by atoms with Crippen LogP contribution < -0.4 is 4.74 Å². The van der Waals surface area contributed by atoms with Gasteiger partial charge in [-0.2, -0.15) is 0 Å². The maximum Gasteiger partial charge on any atom is 0.143 e. The molecule has 0 aliphatic heterocycles. The number of hydrogen-bond donors (Lipinski definition) is 1. The SMILES string of the molecule is CCCCCCCCc1ccc(O)c(-n2nc3ccc(OCCCC)cc3n2)c1. The number of phenols is 1. The number of ether oxygens (including phenoxy) is 1. The highest BCUT2D eigenvalue weighted by atomic mass is 16.5.